The first-order chi connectivity index (χ1) is 7.54. The molecule has 0 aliphatic carbocycles. The number of likely N-dealkylation sites (N-methyl/N-ethyl adjacent to an activating group) is 1. The molecular weight excluding hydrogens is 224 g/mol. The summed E-state index contributed by atoms with van der Waals surface area (Å²) in [5, 5.41) is 0.760. The quantitative estimate of drug-likeness (QED) is 0.858. The minimum Gasteiger partial charge on any atom is -0.492 e. The summed E-state index contributed by atoms with van der Waals surface area (Å²) >= 11 is 5.94. The number of halogens is 1. The van der Waals surface area contributed by atoms with Crippen molar-refractivity contribution in [3.05, 3.63) is 28.8 Å². The van der Waals surface area contributed by atoms with E-state index in [0.717, 1.165) is 16.3 Å². The Hall–Kier alpha value is -0.770. The van der Waals surface area contributed by atoms with Gasteiger partial charge in [-0.25, -0.2) is 0 Å². The van der Waals surface area contributed by atoms with Crippen LogP contribution in [0.3, 0.4) is 0 Å². The Balaban J connectivity index is 2.57. The fraction of sp³-hybridized carbons (Fsp3) is 0.500. The van der Waals surface area contributed by atoms with E-state index in [1.54, 1.807) is 0 Å². The number of benzene rings is 1. The highest BCUT2D eigenvalue weighted by Crippen LogP contribution is 2.21. The molecule has 1 rings (SSSR count). The lowest BCUT2D eigenvalue weighted by Crippen LogP contribution is -2.39. The molecule has 3 nitrogen and oxygen atoms in total. The molecule has 90 valence electrons. The van der Waals surface area contributed by atoms with E-state index in [1.165, 1.54) is 0 Å². The van der Waals surface area contributed by atoms with Crippen molar-refractivity contribution in [2.24, 2.45) is 5.73 Å². The molecular formula is C12H19ClN2O. The third-order valence-corrected chi connectivity index (χ3v) is 3.00. The maximum absolute atomic E-state index is 5.94. The van der Waals surface area contributed by atoms with Crippen molar-refractivity contribution in [2.75, 3.05) is 27.2 Å². The second-order valence-electron chi connectivity index (χ2n) is 4.08. The lowest BCUT2D eigenvalue weighted by molar-refractivity contribution is 0.190. The summed E-state index contributed by atoms with van der Waals surface area (Å²) in [6.07, 6.45) is 0. The first-order valence-corrected chi connectivity index (χ1v) is 5.68. The zero-order valence-electron chi connectivity index (χ0n) is 10.0. The van der Waals surface area contributed by atoms with E-state index < -0.39 is 0 Å². The summed E-state index contributed by atoms with van der Waals surface area (Å²) in [6, 6.07) is 5.89. The van der Waals surface area contributed by atoms with E-state index >= 15 is 0 Å². The number of hydrogen-bond donors (Lipinski definition) is 1. The van der Waals surface area contributed by atoms with Crippen LogP contribution in [0.1, 0.15) is 5.56 Å². The van der Waals surface area contributed by atoms with Crippen molar-refractivity contribution >= 4 is 11.6 Å². The molecule has 1 aromatic carbocycles. The van der Waals surface area contributed by atoms with E-state index in [1.807, 2.05) is 39.2 Å². The van der Waals surface area contributed by atoms with Crippen LogP contribution in [0.5, 0.6) is 5.75 Å². The summed E-state index contributed by atoms with van der Waals surface area (Å²) in [5.74, 6) is 0.835. The molecule has 0 spiro atoms. The second kappa shape index (κ2) is 6.09. The van der Waals surface area contributed by atoms with Crippen LogP contribution in [-0.2, 0) is 0 Å². The Bertz CT molecular complexity index is 342. The number of hydrogen-bond acceptors (Lipinski definition) is 3. The summed E-state index contributed by atoms with van der Waals surface area (Å²) in [4.78, 5) is 2.06. The van der Waals surface area contributed by atoms with Gasteiger partial charge in [0.25, 0.3) is 0 Å². The normalized spacial score (nSPS) is 12.9. The average molecular weight is 243 g/mol. The highest BCUT2D eigenvalue weighted by molar-refractivity contribution is 6.31. The molecule has 0 saturated heterocycles. The van der Waals surface area contributed by atoms with Crippen LogP contribution in [-0.4, -0.2) is 38.2 Å². The first-order valence-electron chi connectivity index (χ1n) is 5.30. The van der Waals surface area contributed by atoms with E-state index in [2.05, 4.69) is 4.90 Å². The van der Waals surface area contributed by atoms with Gasteiger partial charge in [0.1, 0.15) is 12.4 Å². The standard InChI is InChI=1S/C12H19ClN2O/c1-9-6-11(4-5-12(9)13)16-8-10(7-14)15(2)3/h4-6,10H,7-8,14H2,1-3H3. The fourth-order valence-corrected chi connectivity index (χ4v) is 1.44. The average Bonchev–Trinajstić information content (AvgIpc) is 2.23. The Kier molecular flexibility index (Phi) is 5.06. The maximum Gasteiger partial charge on any atom is 0.119 e. The second-order valence-corrected chi connectivity index (χ2v) is 4.48. The maximum atomic E-state index is 5.94. The molecule has 0 aromatic heterocycles. The minimum atomic E-state index is 0.232. The Morgan fingerprint density at radius 2 is 2.12 bits per heavy atom. The van der Waals surface area contributed by atoms with E-state index in [0.29, 0.717) is 13.2 Å². The minimum absolute atomic E-state index is 0.232. The van der Waals surface area contributed by atoms with E-state index in [4.69, 9.17) is 22.1 Å². The Morgan fingerprint density at radius 3 is 2.62 bits per heavy atom. The van der Waals surface area contributed by atoms with Gasteiger partial charge in [0.05, 0.1) is 6.04 Å². The van der Waals surface area contributed by atoms with Crippen molar-refractivity contribution in [3.8, 4) is 5.75 Å². The molecule has 1 atom stereocenters. The van der Waals surface area contributed by atoms with Gasteiger partial charge in [-0.1, -0.05) is 11.6 Å². The summed E-state index contributed by atoms with van der Waals surface area (Å²) < 4.78 is 5.68. The van der Waals surface area contributed by atoms with Crippen LogP contribution in [0.4, 0.5) is 0 Å². The number of nitrogens with zero attached hydrogens (tertiary/aromatic N) is 1. The highest BCUT2D eigenvalue weighted by atomic mass is 35.5. The van der Waals surface area contributed by atoms with E-state index in [9.17, 15) is 0 Å². The number of aryl methyl sites for hydroxylation is 1. The molecule has 0 radical (unpaired) electrons. The molecule has 2 N–H and O–H groups in total. The zero-order chi connectivity index (χ0) is 12.1. The molecule has 0 saturated carbocycles. The van der Waals surface area contributed by atoms with Crippen LogP contribution in [0, 0.1) is 6.92 Å². The predicted molar refractivity (Wildman–Crippen MR) is 68.2 cm³/mol. The molecule has 0 aliphatic heterocycles. The van der Waals surface area contributed by atoms with Gasteiger partial charge in [-0.15, -0.1) is 0 Å². The molecule has 16 heavy (non-hydrogen) atoms. The molecule has 0 aliphatic rings. The van der Waals surface area contributed by atoms with Gasteiger partial charge >= 0.3 is 0 Å². The van der Waals surface area contributed by atoms with Gasteiger partial charge in [-0.2, -0.15) is 0 Å². The van der Waals surface area contributed by atoms with Crippen molar-refractivity contribution in [1.29, 1.82) is 0 Å². The van der Waals surface area contributed by atoms with Gasteiger partial charge in [0.15, 0.2) is 0 Å². The van der Waals surface area contributed by atoms with Crippen molar-refractivity contribution < 1.29 is 4.74 Å². The monoisotopic (exact) mass is 242 g/mol. The van der Waals surface area contributed by atoms with E-state index in [-0.39, 0.29) is 6.04 Å². The fourth-order valence-electron chi connectivity index (χ4n) is 1.33. The van der Waals surface area contributed by atoms with Gasteiger partial charge in [-0.05, 0) is 44.8 Å². The Labute approximate surface area is 102 Å². The largest absolute Gasteiger partial charge is 0.492 e. The zero-order valence-corrected chi connectivity index (χ0v) is 10.8. The highest BCUT2D eigenvalue weighted by Gasteiger charge is 2.10. The number of ether oxygens (including phenoxy) is 1. The molecule has 1 unspecified atom stereocenters. The van der Waals surface area contributed by atoms with Crippen LogP contribution in [0.2, 0.25) is 5.02 Å². The molecule has 0 heterocycles. The smallest absolute Gasteiger partial charge is 0.119 e. The molecule has 4 heteroatoms. The van der Waals surface area contributed by atoms with Gasteiger partial charge in [0, 0.05) is 11.6 Å². The van der Waals surface area contributed by atoms with Crippen LogP contribution in [0.15, 0.2) is 18.2 Å². The predicted octanol–water partition coefficient (Wildman–Crippen LogP) is 1.92. The molecule has 0 amide bonds. The SMILES string of the molecule is Cc1cc(OCC(CN)N(C)C)ccc1Cl. The number of rotatable bonds is 5. The van der Waals surface area contributed by atoms with Crippen molar-refractivity contribution in [2.45, 2.75) is 13.0 Å². The Morgan fingerprint density at radius 1 is 1.44 bits per heavy atom. The molecule has 0 bridgehead atoms. The first kappa shape index (κ1) is 13.3. The third-order valence-electron chi connectivity index (χ3n) is 2.57. The lowest BCUT2D eigenvalue weighted by Gasteiger charge is -2.22. The lowest BCUT2D eigenvalue weighted by atomic mass is 10.2. The summed E-state index contributed by atoms with van der Waals surface area (Å²) in [7, 11) is 3.99. The topological polar surface area (TPSA) is 38.5 Å². The van der Waals surface area contributed by atoms with Gasteiger partial charge in [0.2, 0.25) is 0 Å². The summed E-state index contributed by atoms with van der Waals surface area (Å²) in [5.41, 5.74) is 6.67. The van der Waals surface area contributed by atoms with Crippen molar-refractivity contribution in [3.63, 3.8) is 0 Å². The molecule has 1 aromatic rings. The molecule has 0 fully saturated rings. The van der Waals surface area contributed by atoms with Crippen molar-refractivity contribution in [1.82, 2.24) is 4.90 Å². The third kappa shape index (κ3) is 3.67. The van der Waals surface area contributed by atoms with Gasteiger partial charge < -0.3 is 15.4 Å². The van der Waals surface area contributed by atoms with Crippen LogP contribution >= 0.6 is 11.6 Å². The van der Waals surface area contributed by atoms with Gasteiger partial charge in [-0.3, -0.25) is 0 Å². The number of nitrogens with two attached hydrogens (primary N) is 1. The van der Waals surface area contributed by atoms with Crippen LogP contribution < -0.4 is 10.5 Å². The van der Waals surface area contributed by atoms with Crippen LogP contribution in [0.25, 0.3) is 0 Å². The summed E-state index contributed by atoms with van der Waals surface area (Å²) in [6.45, 7) is 3.13.